The molecular formula is C19H22N6O. The Bertz CT molecular complexity index is 928. The molecule has 1 aliphatic heterocycles. The smallest absolute Gasteiger partial charge is 0.252 e. The molecule has 0 bridgehead atoms. The maximum absolute atomic E-state index is 12.6. The second kappa shape index (κ2) is 6.74. The Hall–Kier alpha value is -2.96. The number of rotatable bonds is 3. The molecule has 0 saturated carbocycles. The first kappa shape index (κ1) is 16.5. The van der Waals surface area contributed by atoms with E-state index in [0.717, 1.165) is 37.6 Å². The molecule has 4 rings (SSSR count). The van der Waals surface area contributed by atoms with E-state index < -0.39 is 0 Å². The van der Waals surface area contributed by atoms with Gasteiger partial charge in [-0.2, -0.15) is 4.98 Å². The number of anilines is 1. The molecule has 0 aliphatic carbocycles. The highest BCUT2D eigenvalue weighted by molar-refractivity contribution is 5.78. The number of carbonyl (C=O) groups is 1. The number of aromatic nitrogens is 4. The molecule has 0 spiro atoms. The minimum absolute atomic E-state index is 0.0722. The SMILES string of the molecule is Cc1cc(C)n2nc(CC(=O)N3CCN(c4ccccc4)CC3)nc2n1. The highest BCUT2D eigenvalue weighted by Gasteiger charge is 2.22. The van der Waals surface area contributed by atoms with E-state index in [1.165, 1.54) is 5.69 Å². The van der Waals surface area contributed by atoms with Gasteiger partial charge in [-0.3, -0.25) is 4.79 Å². The van der Waals surface area contributed by atoms with Gasteiger partial charge in [-0.25, -0.2) is 9.50 Å². The lowest BCUT2D eigenvalue weighted by Gasteiger charge is -2.36. The van der Waals surface area contributed by atoms with Crippen LogP contribution in [0.4, 0.5) is 5.69 Å². The van der Waals surface area contributed by atoms with E-state index in [-0.39, 0.29) is 12.3 Å². The van der Waals surface area contributed by atoms with Gasteiger partial charge in [0, 0.05) is 43.3 Å². The van der Waals surface area contributed by atoms with Gasteiger partial charge in [-0.15, -0.1) is 5.10 Å². The van der Waals surface area contributed by atoms with Gasteiger partial charge >= 0.3 is 0 Å². The van der Waals surface area contributed by atoms with Crippen LogP contribution in [0, 0.1) is 13.8 Å². The number of fused-ring (bicyclic) bond motifs is 1. The summed E-state index contributed by atoms with van der Waals surface area (Å²) in [7, 11) is 0. The van der Waals surface area contributed by atoms with Crippen molar-refractivity contribution < 1.29 is 4.79 Å². The quantitative estimate of drug-likeness (QED) is 0.718. The fourth-order valence-electron chi connectivity index (χ4n) is 3.38. The Morgan fingerprint density at radius 3 is 2.50 bits per heavy atom. The Balaban J connectivity index is 1.41. The van der Waals surface area contributed by atoms with Crippen molar-refractivity contribution in [1.29, 1.82) is 0 Å². The van der Waals surface area contributed by atoms with Gasteiger partial charge < -0.3 is 9.80 Å². The number of para-hydroxylation sites is 1. The monoisotopic (exact) mass is 350 g/mol. The molecule has 3 aromatic rings. The van der Waals surface area contributed by atoms with Crippen molar-refractivity contribution in [3.63, 3.8) is 0 Å². The average molecular weight is 350 g/mol. The molecule has 0 unspecified atom stereocenters. The highest BCUT2D eigenvalue weighted by Crippen LogP contribution is 2.16. The fourth-order valence-corrected chi connectivity index (χ4v) is 3.38. The van der Waals surface area contributed by atoms with Gasteiger partial charge in [-0.05, 0) is 32.0 Å². The average Bonchev–Trinajstić information content (AvgIpc) is 3.05. The molecule has 1 aliphatic rings. The van der Waals surface area contributed by atoms with Gasteiger partial charge in [0.2, 0.25) is 5.91 Å². The third kappa shape index (κ3) is 3.24. The maximum atomic E-state index is 12.6. The van der Waals surface area contributed by atoms with Crippen molar-refractivity contribution >= 4 is 17.4 Å². The number of amides is 1. The molecule has 0 radical (unpaired) electrons. The first-order chi connectivity index (χ1) is 12.6. The molecule has 2 aromatic heterocycles. The lowest BCUT2D eigenvalue weighted by Crippen LogP contribution is -2.49. The Labute approximate surface area is 152 Å². The lowest BCUT2D eigenvalue weighted by atomic mass is 10.2. The number of nitrogens with zero attached hydrogens (tertiary/aromatic N) is 6. The number of piperazine rings is 1. The summed E-state index contributed by atoms with van der Waals surface area (Å²) in [4.78, 5) is 25.6. The Morgan fingerprint density at radius 1 is 1.04 bits per heavy atom. The third-order valence-corrected chi connectivity index (χ3v) is 4.73. The molecule has 1 amide bonds. The molecule has 0 N–H and O–H groups in total. The fraction of sp³-hybridized carbons (Fsp3) is 0.368. The molecular weight excluding hydrogens is 328 g/mol. The highest BCUT2D eigenvalue weighted by atomic mass is 16.2. The second-order valence-electron chi connectivity index (χ2n) is 6.66. The Morgan fingerprint density at radius 2 is 1.77 bits per heavy atom. The van der Waals surface area contributed by atoms with E-state index >= 15 is 0 Å². The number of benzene rings is 1. The van der Waals surface area contributed by atoms with Crippen molar-refractivity contribution in [2.24, 2.45) is 0 Å². The summed E-state index contributed by atoms with van der Waals surface area (Å²) < 4.78 is 1.70. The molecule has 26 heavy (non-hydrogen) atoms. The zero-order valence-corrected chi connectivity index (χ0v) is 15.1. The van der Waals surface area contributed by atoms with Crippen LogP contribution in [0.5, 0.6) is 0 Å². The lowest BCUT2D eigenvalue weighted by molar-refractivity contribution is -0.130. The van der Waals surface area contributed by atoms with E-state index in [1.807, 2.05) is 43.0 Å². The number of carbonyl (C=O) groups excluding carboxylic acids is 1. The van der Waals surface area contributed by atoms with E-state index in [2.05, 4.69) is 32.1 Å². The summed E-state index contributed by atoms with van der Waals surface area (Å²) in [6.07, 6.45) is 0.215. The largest absolute Gasteiger partial charge is 0.368 e. The van der Waals surface area contributed by atoms with Gasteiger partial charge in [0.15, 0.2) is 5.82 Å². The summed E-state index contributed by atoms with van der Waals surface area (Å²) in [5.41, 5.74) is 3.08. The standard InChI is InChI=1S/C19H22N6O/c1-14-12-15(2)25-19(20-14)21-17(22-25)13-18(26)24-10-8-23(9-11-24)16-6-4-3-5-7-16/h3-7,12H,8-11,13H2,1-2H3. The maximum Gasteiger partial charge on any atom is 0.252 e. The molecule has 0 atom stereocenters. The Kier molecular flexibility index (Phi) is 4.28. The van der Waals surface area contributed by atoms with Crippen LogP contribution >= 0.6 is 0 Å². The van der Waals surface area contributed by atoms with Crippen LogP contribution in [0.3, 0.4) is 0 Å². The normalized spacial score (nSPS) is 14.8. The van der Waals surface area contributed by atoms with Gasteiger partial charge in [0.25, 0.3) is 5.78 Å². The number of hydrogen-bond acceptors (Lipinski definition) is 5. The van der Waals surface area contributed by atoms with Crippen LogP contribution in [0.15, 0.2) is 36.4 Å². The third-order valence-electron chi connectivity index (χ3n) is 4.73. The first-order valence-corrected chi connectivity index (χ1v) is 8.88. The van der Waals surface area contributed by atoms with E-state index in [9.17, 15) is 4.79 Å². The molecule has 134 valence electrons. The zero-order valence-electron chi connectivity index (χ0n) is 15.1. The molecule has 1 aromatic carbocycles. The molecule has 3 heterocycles. The molecule has 7 heteroatoms. The van der Waals surface area contributed by atoms with E-state index in [4.69, 9.17) is 0 Å². The van der Waals surface area contributed by atoms with Crippen LogP contribution in [0.2, 0.25) is 0 Å². The van der Waals surface area contributed by atoms with Crippen LogP contribution in [0.1, 0.15) is 17.2 Å². The van der Waals surface area contributed by atoms with Crippen molar-refractivity contribution in [3.05, 3.63) is 53.6 Å². The number of aryl methyl sites for hydroxylation is 2. The van der Waals surface area contributed by atoms with Crippen LogP contribution in [-0.2, 0) is 11.2 Å². The minimum atomic E-state index is 0.0722. The van der Waals surface area contributed by atoms with Crippen LogP contribution < -0.4 is 4.90 Å². The molecule has 7 nitrogen and oxygen atoms in total. The van der Waals surface area contributed by atoms with Gasteiger partial charge in [0.1, 0.15) is 0 Å². The zero-order chi connectivity index (χ0) is 18.1. The number of hydrogen-bond donors (Lipinski definition) is 0. The van der Waals surface area contributed by atoms with Gasteiger partial charge in [0.05, 0.1) is 6.42 Å². The van der Waals surface area contributed by atoms with Crippen molar-refractivity contribution in [2.45, 2.75) is 20.3 Å². The second-order valence-corrected chi connectivity index (χ2v) is 6.66. The molecule has 1 fully saturated rings. The minimum Gasteiger partial charge on any atom is -0.368 e. The topological polar surface area (TPSA) is 66.6 Å². The first-order valence-electron chi connectivity index (χ1n) is 8.88. The summed E-state index contributed by atoms with van der Waals surface area (Å²) in [6.45, 7) is 7.01. The van der Waals surface area contributed by atoms with Gasteiger partial charge in [-0.1, -0.05) is 18.2 Å². The van der Waals surface area contributed by atoms with Crippen molar-refractivity contribution in [1.82, 2.24) is 24.5 Å². The van der Waals surface area contributed by atoms with Crippen LogP contribution in [0.25, 0.3) is 5.78 Å². The van der Waals surface area contributed by atoms with Crippen molar-refractivity contribution in [3.8, 4) is 0 Å². The predicted octanol–water partition coefficient (Wildman–Crippen LogP) is 1.63. The van der Waals surface area contributed by atoms with E-state index in [0.29, 0.717) is 11.6 Å². The summed E-state index contributed by atoms with van der Waals surface area (Å²) >= 11 is 0. The van der Waals surface area contributed by atoms with Crippen molar-refractivity contribution in [2.75, 3.05) is 31.1 Å². The summed E-state index contributed by atoms with van der Waals surface area (Å²) in [5, 5.41) is 4.44. The predicted molar refractivity (Wildman–Crippen MR) is 99.2 cm³/mol. The van der Waals surface area contributed by atoms with Crippen LogP contribution in [-0.4, -0.2) is 56.6 Å². The molecule has 1 saturated heterocycles. The van der Waals surface area contributed by atoms with E-state index in [1.54, 1.807) is 4.52 Å². The summed E-state index contributed by atoms with van der Waals surface area (Å²) in [5.74, 6) is 1.16. The summed E-state index contributed by atoms with van der Waals surface area (Å²) in [6, 6.07) is 12.3.